The van der Waals surface area contributed by atoms with Crippen molar-refractivity contribution in [2.24, 2.45) is 0 Å². The van der Waals surface area contributed by atoms with Gasteiger partial charge < -0.3 is 10.2 Å². The van der Waals surface area contributed by atoms with Gasteiger partial charge in [-0.25, -0.2) is 0 Å². The molecule has 3 heteroatoms. The average Bonchev–Trinajstić information content (AvgIpc) is 2.17. The van der Waals surface area contributed by atoms with Crippen molar-refractivity contribution in [1.29, 1.82) is 0 Å². The van der Waals surface area contributed by atoms with Crippen molar-refractivity contribution in [2.45, 2.75) is 57.2 Å². The largest absolute Gasteiger partial charge is 0.394 e. The first-order valence-electron chi connectivity index (χ1n) is 5.51. The number of nitrogens with zero attached hydrogens (tertiary/aromatic N) is 1. The number of hydrogen-bond donors (Lipinski definition) is 2. The molecule has 1 fully saturated rings. The Morgan fingerprint density at radius 3 is 2.36 bits per heavy atom. The van der Waals surface area contributed by atoms with Crippen LogP contribution in [0.5, 0.6) is 0 Å². The molecule has 0 aromatic carbocycles. The van der Waals surface area contributed by atoms with Gasteiger partial charge in [-0.2, -0.15) is 0 Å². The highest BCUT2D eigenvalue weighted by atomic mass is 16.3. The minimum atomic E-state index is -0.233. The smallest absolute Gasteiger partial charge is 0.0695 e. The Hall–Kier alpha value is -0.120. The first-order valence-corrected chi connectivity index (χ1v) is 5.51. The van der Waals surface area contributed by atoms with Crippen molar-refractivity contribution < 1.29 is 10.2 Å². The topological polar surface area (TPSA) is 43.7 Å². The summed E-state index contributed by atoms with van der Waals surface area (Å²) >= 11 is 0. The van der Waals surface area contributed by atoms with E-state index in [0.717, 1.165) is 19.3 Å². The maximum atomic E-state index is 9.87. The summed E-state index contributed by atoms with van der Waals surface area (Å²) in [6.07, 6.45) is 4.04. The number of rotatable bonds is 3. The molecule has 0 aromatic heterocycles. The summed E-state index contributed by atoms with van der Waals surface area (Å²) in [6.45, 7) is 4.15. The van der Waals surface area contributed by atoms with E-state index < -0.39 is 0 Å². The van der Waals surface area contributed by atoms with E-state index >= 15 is 0 Å². The molecule has 0 heterocycles. The number of hydrogen-bond acceptors (Lipinski definition) is 3. The Kier molecular flexibility index (Phi) is 3.93. The highest BCUT2D eigenvalue weighted by Crippen LogP contribution is 2.26. The highest BCUT2D eigenvalue weighted by molar-refractivity contribution is 4.89. The van der Waals surface area contributed by atoms with Crippen LogP contribution < -0.4 is 0 Å². The van der Waals surface area contributed by atoms with E-state index in [1.807, 2.05) is 20.9 Å². The molecule has 2 N–H and O–H groups in total. The number of likely N-dealkylation sites (N-methyl/N-ethyl adjacent to an activating group) is 1. The molecule has 84 valence electrons. The molecule has 0 saturated heterocycles. The fourth-order valence-electron chi connectivity index (χ4n) is 2.10. The molecule has 14 heavy (non-hydrogen) atoms. The number of aliphatic hydroxyl groups is 2. The lowest BCUT2D eigenvalue weighted by Gasteiger charge is -2.43. The first-order chi connectivity index (χ1) is 6.49. The Balaban J connectivity index is 2.62. The Morgan fingerprint density at radius 1 is 1.29 bits per heavy atom. The van der Waals surface area contributed by atoms with Gasteiger partial charge in [0, 0.05) is 11.6 Å². The lowest BCUT2D eigenvalue weighted by atomic mass is 9.88. The molecule has 1 rings (SSSR count). The van der Waals surface area contributed by atoms with Crippen molar-refractivity contribution in [3.05, 3.63) is 0 Å². The van der Waals surface area contributed by atoms with Gasteiger partial charge in [-0.15, -0.1) is 0 Å². The van der Waals surface area contributed by atoms with Crippen LogP contribution in [0.1, 0.15) is 39.5 Å². The van der Waals surface area contributed by atoms with Crippen LogP contribution in [0, 0.1) is 0 Å². The summed E-state index contributed by atoms with van der Waals surface area (Å²) < 4.78 is 0. The second-order valence-corrected chi connectivity index (χ2v) is 5.00. The van der Waals surface area contributed by atoms with Crippen molar-refractivity contribution in [3.8, 4) is 0 Å². The predicted octanol–water partition coefficient (Wildman–Crippen LogP) is 0.993. The molecule has 0 bridgehead atoms. The lowest BCUT2D eigenvalue weighted by molar-refractivity contribution is -0.0308. The van der Waals surface area contributed by atoms with Gasteiger partial charge in [0.15, 0.2) is 0 Å². The zero-order valence-corrected chi connectivity index (χ0v) is 9.53. The van der Waals surface area contributed by atoms with E-state index in [0.29, 0.717) is 0 Å². The van der Waals surface area contributed by atoms with Crippen molar-refractivity contribution >= 4 is 0 Å². The molecule has 3 nitrogen and oxygen atoms in total. The highest BCUT2D eigenvalue weighted by Gasteiger charge is 2.34. The SMILES string of the molecule is CN(C1CCCCC1O)C(C)(C)CO. The van der Waals surface area contributed by atoms with Gasteiger partial charge in [-0.1, -0.05) is 12.8 Å². The standard InChI is InChI=1S/C11H23NO2/c1-11(2,8-13)12(3)9-6-4-5-7-10(9)14/h9-10,13-14H,4-8H2,1-3H3. The van der Waals surface area contributed by atoms with Gasteiger partial charge in [-0.05, 0) is 33.7 Å². The van der Waals surface area contributed by atoms with Crippen molar-refractivity contribution in [2.75, 3.05) is 13.7 Å². The summed E-state index contributed by atoms with van der Waals surface area (Å²) in [4.78, 5) is 2.12. The molecule has 1 aliphatic rings. The van der Waals surface area contributed by atoms with Crippen LogP contribution in [-0.2, 0) is 0 Å². The quantitative estimate of drug-likeness (QED) is 0.716. The minimum absolute atomic E-state index is 0.132. The van der Waals surface area contributed by atoms with E-state index in [4.69, 9.17) is 0 Å². The monoisotopic (exact) mass is 201 g/mol. The molecule has 0 aromatic rings. The van der Waals surface area contributed by atoms with Crippen LogP contribution in [0.3, 0.4) is 0 Å². The lowest BCUT2D eigenvalue weighted by Crippen LogP contribution is -2.54. The zero-order chi connectivity index (χ0) is 10.8. The summed E-state index contributed by atoms with van der Waals surface area (Å²) in [7, 11) is 2.00. The Morgan fingerprint density at radius 2 is 1.86 bits per heavy atom. The third-order valence-corrected chi connectivity index (χ3v) is 3.53. The van der Waals surface area contributed by atoms with Crippen LogP contribution in [0.2, 0.25) is 0 Å². The fraction of sp³-hybridized carbons (Fsp3) is 1.00. The molecule has 1 saturated carbocycles. The second kappa shape index (κ2) is 4.60. The van der Waals surface area contributed by atoms with Gasteiger partial charge >= 0.3 is 0 Å². The van der Waals surface area contributed by atoms with Crippen LogP contribution in [0.4, 0.5) is 0 Å². The van der Waals surface area contributed by atoms with Gasteiger partial charge in [0.2, 0.25) is 0 Å². The molecule has 0 radical (unpaired) electrons. The molecule has 2 unspecified atom stereocenters. The Labute approximate surface area is 86.7 Å². The third kappa shape index (κ3) is 2.47. The van der Waals surface area contributed by atoms with Crippen molar-refractivity contribution in [1.82, 2.24) is 4.90 Å². The van der Waals surface area contributed by atoms with E-state index in [1.165, 1.54) is 6.42 Å². The summed E-state index contributed by atoms with van der Waals surface area (Å²) in [5.74, 6) is 0. The fourth-order valence-corrected chi connectivity index (χ4v) is 2.10. The zero-order valence-electron chi connectivity index (χ0n) is 9.53. The van der Waals surface area contributed by atoms with Crippen LogP contribution in [0.25, 0.3) is 0 Å². The summed E-state index contributed by atoms with van der Waals surface area (Å²) in [6, 6.07) is 0.214. The van der Waals surface area contributed by atoms with E-state index in [2.05, 4.69) is 4.90 Å². The molecule has 2 atom stereocenters. The molecule has 0 spiro atoms. The minimum Gasteiger partial charge on any atom is -0.394 e. The van der Waals surface area contributed by atoms with Crippen LogP contribution in [-0.4, -0.2) is 46.5 Å². The van der Waals surface area contributed by atoms with Crippen LogP contribution in [0.15, 0.2) is 0 Å². The van der Waals surface area contributed by atoms with Gasteiger partial charge in [0.05, 0.1) is 12.7 Å². The van der Waals surface area contributed by atoms with Gasteiger partial charge in [0.1, 0.15) is 0 Å². The van der Waals surface area contributed by atoms with Crippen molar-refractivity contribution in [3.63, 3.8) is 0 Å². The van der Waals surface area contributed by atoms with E-state index in [9.17, 15) is 10.2 Å². The first kappa shape index (κ1) is 12.0. The van der Waals surface area contributed by atoms with Gasteiger partial charge in [0.25, 0.3) is 0 Å². The Bertz CT molecular complexity index is 182. The van der Waals surface area contributed by atoms with E-state index in [-0.39, 0.29) is 24.3 Å². The third-order valence-electron chi connectivity index (χ3n) is 3.53. The van der Waals surface area contributed by atoms with E-state index in [1.54, 1.807) is 0 Å². The summed E-state index contributed by atoms with van der Waals surface area (Å²) in [5.41, 5.74) is -0.233. The predicted molar refractivity (Wildman–Crippen MR) is 57.2 cm³/mol. The second-order valence-electron chi connectivity index (χ2n) is 5.00. The summed E-state index contributed by atoms with van der Waals surface area (Å²) in [5, 5.41) is 19.1. The van der Waals surface area contributed by atoms with Gasteiger partial charge in [-0.3, -0.25) is 4.90 Å². The number of aliphatic hydroxyl groups excluding tert-OH is 2. The molecule has 0 aliphatic heterocycles. The molecular weight excluding hydrogens is 178 g/mol. The average molecular weight is 201 g/mol. The maximum absolute atomic E-state index is 9.87. The normalized spacial score (nSPS) is 29.6. The van der Waals surface area contributed by atoms with Crippen LogP contribution >= 0.6 is 0 Å². The maximum Gasteiger partial charge on any atom is 0.0695 e. The molecule has 1 aliphatic carbocycles. The molecule has 0 amide bonds. The molecular formula is C11H23NO2.